The van der Waals surface area contributed by atoms with Gasteiger partial charge in [-0.2, -0.15) is 5.10 Å². The molecule has 0 aliphatic rings. The van der Waals surface area contributed by atoms with Crippen LogP contribution >= 0.6 is 15.9 Å². The second kappa shape index (κ2) is 9.67. The largest absolute Gasteiger partial charge is 0.493 e. The molecular formula is C18H18BrN3O4. The Balaban J connectivity index is 2.03. The number of nitro groups is 1. The van der Waals surface area contributed by atoms with Crippen molar-refractivity contribution in [1.82, 2.24) is 5.43 Å². The van der Waals surface area contributed by atoms with Crippen LogP contribution in [0.1, 0.15) is 35.7 Å². The maximum atomic E-state index is 12.0. The Morgan fingerprint density at radius 2 is 2.04 bits per heavy atom. The molecule has 2 aromatic rings. The summed E-state index contributed by atoms with van der Waals surface area (Å²) in [5.41, 5.74) is 3.32. The van der Waals surface area contributed by atoms with Crippen LogP contribution in [-0.4, -0.2) is 23.7 Å². The van der Waals surface area contributed by atoms with Gasteiger partial charge in [0.25, 0.3) is 11.6 Å². The quantitative estimate of drug-likeness (QED) is 0.298. The number of carbonyl (C=O) groups excluding carboxylic acids is 1. The Morgan fingerprint density at radius 1 is 1.31 bits per heavy atom. The van der Waals surface area contributed by atoms with E-state index in [4.69, 9.17) is 4.74 Å². The summed E-state index contributed by atoms with van der Waals surface area (Å²) < 4.78 is 6.59. The van der Waals surface area contributed by atoms with Crippen molar-refractivity contribution >= 4 is 33.7 Å². The second-order valence-electron chi connectivity index (χ2n) is 5.39. The zero-order chi connectivity index (χ0) is 18.9. The standard InChI is InChI=1S/C18H18BrN3O4/c1-2-3-10-26-17-9-6-15(19)11-14(17)12-20-21-18(23)13-4-7-16(8-5-13)22(24)25/h4-9,11-12H,2-3,10H2,1H3,(H,21,23)/b20-12+. The molecule has 8 heteroatoms. The van der Waals surface area contributed by atoms with Crippen molar-refractivity contribution in [2.24, 2.45) is 5.10 Å². The summed E-state index contributed by atoms with van der Waals surface area (Å²) >= 11 is 3.39. The number of hydrazone groups is 1. The van der Waals surface area contributed by atoms with Gasteiger partial charge in [0.05, 0.1) is 17.7 Å². The van der Waals surface area contributed by atoms with E-state index in [1.165, 1.54) is 30.5 Å². The average Bonchev–Trinajstić information content (AvgIpc) is 2.63. The van der Waals surface area contributed by atoms with Crippen LogP contribution in [0.5, 0.6) is 5.75 Å². The van der Waals surface area contributed by atoms with Crippen LogP contribution in [-0.2, 0) is 0 Å². The average molecular weight is 420 g/mol. The molecule has 0 atom stereocenters. The molecule has 1 N–H and O–H groups in total. The van der Waals surface area contributed by atoms with E-state index in [-0.39, 0.29) is 11.3 Å². The Labute approximate surface area is 159 Å². The zero-order valence-corrected chi connectivity index (χ0v) is 15.7. The van der Waals surface area contributed by atoms with Crippen molar-refractivity contribution < 1.29 is 14.5 Å². The van der Waals surface area contributed by atoms with Gasteiger partial charge in [0, 0.05) is 27.7 Å². The van der Waals surface area contributed by atoms with Gasteiger partial charge < -0.3 is 4.74 Å². The number of nitrogens with zero attached hydrogens (tertiary/aromatic N) is 2. The van der Waals surface area contributed by atoms with Gasteiger partial charge in [-0.25, -0.2) is 5.43 Å². The zero-order valence-electron chi connectivity index (χ0n) is 14.1. The molecule has 26 heavy (non-hydrogen) atoms. The number of non-ortho nitro benzene ring substituents is 1. The summed E-state index contributed by atoms with van der Waals surface area (Å²) in [5, 5.41) is 14.6. The monoisotopic (exact) mass is 419 g/mol. The van der Waals surface area contributed by atoms with Crippen LogP contribution in [0.2, 0.25) is 0 Å². The Morgan fingerprint density at radius 3 is 2.69 bits per heavy atom. The van der Waals surface area contributed by atoms with Gasteiger partial charge in [0.1, 0.15) is 5.75 Å². The molecule has 0 saturated carbocycles. The molecular weight excluding hydrogens is 402 g/mol. The first-order valence-corrected chi connectivity index (χ1v) is 8.80. The molecule has 2 rings (SSSR count). The van der Waals surface area contributed by atoms with E-state index in [0.29, 0.717) is 12.4 Å². The number of carbonyl (C=O) groups is 1. The molecule has 0 aromatic heterocycles. The van der Waals surface area contributed by atoms with Gasteiger partial charge in [0.15, 0.2) is 0 Å². The van der Waals surface area contributed by atoms with Crippen molar-refractivity contribution in [2.45, 2.75) is 19.8 Å². The van der Waals surface area contributed by atoms with Gasteiger partial charge in [0.2, 0.25) is 0 Å². The lowest BCUT2D eigenvalue weighted by Gasteiger charge is -2.09. The first-order chi connectivity index (χ1) is 12.5. The molecule has 0 unspecified atom stereocenters. The van der Waals surface area contributed by atoms with Crippen LogP contribution in [0.3, 0.4) is 0 Å². The van der Waals surface area contributed by atoms with Crippen LogP contribution in [0.4, 0.5) is 5.69 Å². The van der Waals surface area contributed by atoms with Gasteiger partial charge in [-0.15, -0.1) is 0 Å². The molecule has 0 bridgehead atoms. The van der Waals surface area contributed by atoms with Gasteiger partial charge in [-0.1, -0.05) is 29.3 Å². The van der Waals surface area contributed by atoms with Gasteiger partial charge >= 0.3 is 0 Å². The maximum Gasteiger partial charge on any atom is 0.271 e. The number of amides is 1. The van der Waals surface area contributed by atoms with Crippen molar-refractivity contribution in [3.05, 3.63) is 68.2 Å². The molecule has 2 aromatic carbocycles. The maximum absolute atomic E-state index is 12.0. The number of unbranched alkanes of at least 4 members (excludes halogenated alkanes) is 1. The lowest BCUT2D eigenvalue weighted by molar-refractivity contribution is -0.384. The van der Waals surface area contributed by atoms with Crippen molar-refractivity contribution in [1.29, 1.82) is 0 Å². The SMILES string of the molecule is CCCCOc1ccc(Br)cc1/C=N/NC(=O)c1ccc([N+](=O)[O-])cc1. The van der Waals surface area contributed by atoms with Crippen LogP contribution in [0.25, 0.3) is 0 Å². The Bertz CT molecular complexity index is 807. The molecule has 1 amide bonds. The fraction of sp³-hybridized carbons (Fsp3) is 0.222. The van der Waals surface area contributed by atoms with E-state index in [9.17, 15) is 14.9 Å². The van der Waals surface area contributed by atoms with E-state index >= 15 is 0 Å². The molecule has 0 spiro atoms. The third-order valence-corrected chi connectivity index (χ3v) is 3.93. The summed E-state index contributed by atoms with van der Waals surface area (Å²) in [6.45, 7) is 2.69. The highest BCUT2D eigenvalue weighted by molar-refractivity contribution is 9.10. The van der Waals surface area contributed by atoms with E-state index in [1.54, 1.807) is 0 Å². The number of hydrogen-bond donors (Lipinski definition) is 1. The lowest BCUT2D eigenvalue weighted by atomic mass is 10.2. The summed E-state index contributed by atoms with van der Waals surface area (Å²) in [4.78, 5) is 22.2. The predicted molar refractivity (Wildman–Crippen MR) is 103 cm³/mol. The summed E-state index contributed by atoms with van der Waals surface area (Å²) in [6.07, 6.45) is 3.48. The van der Waals surface area contributed by atoms with Crippen molar-refractivity contribution in [3.63, 3.8) is 0 Å². The van der Waals surface area contributed by atoms with E-state index in [2.05, 4.69) is 33.4 Å². The second-order valence-corrected chi connectivity index (χ2v) is 6.30. The minimum Gasteiger partial charge on any atom is -0.493 e. The summed E-state index contributed by atoms with van der Waals surface area (Å²) in [5.74, 6) is 0.217. The van der Waals surface area contributed by atoms with E-state index < -0.39 is 10.8 Å². The van der Waals surface area contributed by atoms with Crippen molar-refractivity contribution in [2.75, 3.05) is 6.61 Å². The number of hydrogen-bond acceptors (Lipinski definition) is 5. The normalized spacial score (nSPS) is 10.7. The minimum absolute atomic E-state index is 0.0759. The molecule has 0 radical (unpaired) electrons. The third-order valence-electron chi connectivity index (χ3n) is 3.44. The summed E-state index contributed by atoms with van der Waals surface area (Å²) in [6, 6.07) is 10.8. The smallest absolute Gasteiger partial charge is 0.271 e. The molecule has 0 saturated heterocycles. The number of rotatable bonds is 8. The fourth-order valence-corrected chi connectivity index (χ4v) is 2.42. The van der Waals surface area contributed by atoms with Crippen molar-refractivity contribution in [3.8, 4) is 5.75 Å². The minimum atomic E-state index is -0.521. The number of nitro benzene ring substituents is 1. The molecule has 136 valence electrons. The molecule has 7 nitrogen and oxygen atoms in total. The first kappa shape index (κ1) is 19.6. The number of halogens is 1. The fourth-order valence-electron chi connectivity index (χ4n) is 2.04. The molecule has 0 heterocycles. The first-order valence-electron chi connectivity index (χ1n) is 8.01. The van der Waals surface area contributed by atoms with Crippen LogP contribution < -0.4 is 10.2 Å². The number of benzene rings is 2. The van der Waals surface area contributed by atoms with E-state index in [0.717, 1.165) is 22.9 Å². The van der Waals surface area contributed by atoms with Gasteiger partial charge in [-0.05, 0) is 36.8 Å². The van der Waals surface area contributed by atoms with Crippen LogP contribution in [0, 0.1) is 10.1 Å². The van der Waals surface area contributed by atoms with E-state index in [1.807, 2.05) is 18.2 Å². The Kier molecular flexibility index (Phi) is 7.28. The van der Waals surface area contributed by atoms with Gasteiger partial charge in [-0.3, -0.25) is 14.9 Å². The topological polar surface area (TPSA) is 93.8 Å². The Hall–Kier alpha value is -2.74. The van der Waals surface area contributed by atoms with Crippen LogP contribution in [0.15, 0.2) is 52.0 Å². The molecule has 0 aliphatic carbocycles. The lowest BCUT2D eigenvalue weighted by Crippen LogP contribution is -2.17. The highest BCUT2D eigenvalue weighted by Crippen LogP contribution is 2.22. The molecule has 0 aliphatic heterocycles. The highest BCUT2D eigenvalue weighted by Gasteiger charge is 2.09. The number of nitrogens with one attached hydrogen (secondary N) is 1. The third kappa shape index (κ3) is 5.66. The molecule has 0 fully saturated rings. The number of ether oxygens (including phenoxy) is 1. The predicted octanol–water partition coefficient (Wildman–Crippen LogP) is 4.30. The highest BCUT2D eigenvalue weighted by atomic mass is 79.9. The summed E-state index contributed by atoms with van der Waals surface area (Å²) in [7, 11) is 0.